The zero-order valence-corrected chi connectivity index (χ0v) is 20.7. The largest absolute Gasteiger partial charge is 0.494 e. The Labute approximate surface area is 208 Å². The molecule has 36 heavy (non-hydrogen) atoms. The molecule has 4 heterocycles. The average Bonchev–Trinajstić information content (AvgIpc) is 3.51. The molecule has 1 aliphatic carbocycles. The van der Waals surface area contributed by atoms with Gasteiger partial charge in [0.15, 0.2) is 5.82 Å². The van der Waals surface area contributed by atoms with Gasteiger partial charge in [-0.05, 0) is 62.4 Å². The number of nitrogens with zero attached hydrogens (tertiary/aromatic N) is 5. The van der Waals surface area contributed by atoms with Gasteiger partial charge < -0.3 is 24.5 Å². The lowest BCUT2D eigenvalue weighted by atomic mass is 10.0. The van der Waals surface area contributed by atoms with Crippen LogP contribution in [0.2, 0.25) is 0 Å². The highest BCUT2D eigenvalue weighted by Gasteiger charge is 2.30. The third kappa shape index (κ3) is 3.91. The van der Waals surface area contributed by atoms with Gasteiger partial charge in [0, 0.05) is 42.8 Å². The summed E-state index contributed by atoms with van der Waals surface area (Å²) in [5.41, 5.74) is 9.88. The van der Waals surface area contributed by atoms with E-state index in [0.717, 1.165) is 34.6 Å². The zero-order valence-electron chi connectivity index (χ0n) is 20.7. The molecule has 2 fully saturated rings. The summed E-state index contributed by atoms with van der Waals surface area (Å²) in [6, 6.07) is 9.33. The van der Waals surface area contributed by atoms with Crippen molar-refractivity contribution in [1.82, 2.24) is 24.0 Å². The Kier molecular flexibility index (Phi) is 5.67. The highest BCUT2D eigenvalue weighted by atomic mass is 19.1. The van der Waals surface area contributed by atoms with E-state index >= 15 is 0 Å². The van der Waals surface area contributed by atoms with Gasteiger partial charge in [-0.3, -0.25) is 4.79 Å². The number of piperidine rings is 1. The summed E-state index contributed by atoms with van der Waals surface area (Å²) in [5.74, 6) is 1.79. The summed E-state index contributed by atoms with van der Waals surface area (Å²) >= 11 is 0. The molecule has 1 amide bonds. The molecule has 0 spiro atoms. The Hall–Kier alpha value is -3.46. The number of carbonyl (C=O) groups excluding carboxylic acids is 1. The number of imidazole rings is 1. The van der Waals surface area contributed by atoms with E-state index in [4.69, 9.17) is 15.5 Å². The Bertz CT molecular complexity index is 1450. The van der Waals surface area contributed by atoms with Crippen LogP contribution >= 0.6 is 0 Å². The van der Waals surface area contributed by atoms with Crippen LogP contribution in [0.25, 0.3) is 33.6 Å². The Morgan fingerprint density at radius 1 is 1.22 bits per heavy atom. The minimum absolute atomic E-state index is 0.0514. The van der Waals surface area contributed by atoms with Gasteiger partial charge in [0.05, 0.1) is 24.9 Å². The summed E-state index contributed by atoms with van der Waals surface area (Å²) in [6.07, 6.45) is 3.45. The molecule has 2 aliphatic rings. The quantitative estimate of drug-likeness (QED) is 0.441. The normalized spacial score (nSPS) is 20.4. The van der Waals surface area contributed by atoms with Gasteiger partial charge in [-0.15, -0.1) is 0 Å². The molecule has 0 bridgehead atoms. The molecule has 6 rings (SSSR count). The van der Waals surface area contributed by atoms with Crippen LogP contribution in [-0.2, 0) is 13.1 Å². The van der Waals surface area contributed by atoms with Crippen LogP contribution in [0.15, 0.2) is 36.5 Å². The van der Waals surface area contributed by atoms with Crippen molar-refractivity contribution in [1.29, 1.82) is 0 Å². The average molecular weight is 491 g/mol. The van der Waals surface area contributed by atoms with Crippen LogP contribution in [0.5, 0.6) is 5.75 Å². The van der Waals surface area contributed by atoms with Crippen molar-refractivity contribution in [2.24, 2.45) is 11.7 Å². The summed E-state index contributed by atoms with van der Waals surface area (Å²) in [7, 11) is 1.60. The van der Waals surface area contributed by atoms with Crippen molar-refractivity contribution in [3.8, 4) is 17.3 Å². The molecule has 1 aromatic carbocycles. The molecule has 3 aromatic heterocycles. The van der Waals surface area contributed by atoms with E-state index in [1.54, 1.807) is 19.2 Å². The van der Waals surface area contributed by atoms with Crippen LogP contribution in [0.4, 0.5) is 4.39 Å². The molecule has 8 nitrogen and oxygen atoms in total. The predicted octanol–water partition coefficient (Wildman–Crippen LogP) is 4.00. The molecule has 188 valence electrons. The van der Waals surface area contributed by atoms with Gasteiger partial charge in [-0.1, -0.05) is 0 Å². The van der Waals surface area contributed by atoms with E-state index < -0.39 is 6.17 Å². The molecule has 0 radical (unpaired) electrons. The first-order chi connectivity index (χ1) is 17.5. The van der Waals surface area contributed by atoms with E-state index in [2.05, 4.69) is 33.2 Å². The van der Waals surface area contributed by atoms with Crippen molar-refractivity contribution < 1.29 is 13.9 Å². The van der Waals surface area contributed by atoms with Crippen LogP contribution in [0.3, 0.4) is 0 Å². The van der Waals surface area contributed by atoms with E-state index in [0.29, 0.717) is 35.8 Å². The summed E-state index contributed by atoms with van der Waals surface area (Å²) < 4.78 is 24.3. The van der Waals surface area contributed by atoms with Crippen LogP contribution < -0.4 is 10.5 Å². The van der Waals surface area contributed by atoms with Crippen molar-refractivity contribution in [3.63, 3.8) is 0 Å². The summed E-state index contributed by atoms with van der Waals surface area (Å²) in [6.45, 7) is 4.05. The molecule has 1 saturated carbocycles. The number of aryl methyl sites for hydroxylation is 1. The predicted molar refractivity (Wildman–Crippen MR) is 137 cm³/mol. The Morgan fingerprint density at radius 3 is 2.78 bits per heavy atom. The fourth-order valence-electron chi connectivity index (χ4n) is 5.45. The van der Waals surface area contributed by atoms with Crippen LogP contribution in [0, 0.1) is 5.92 Å². The first-order valence-electron chi connectivity index (χ1n) is 12.7. The number of halogens is 1. The number of hydrogen-bond donors (Lipinski definition) is 1. The maximum absolute atomic E-state index is 14.1. The lowest BCUT2D eigenvalue weighted by Gasteiger charge is -2.33. The minimum atomic E-state index is -1.11. The van der Waals surface area contributed by atoms with Crippen molar-refractivity contribution in [2.75, 3.05) is 20.2 Å². The second-order valence-electron chi connectivity index (χ2n) is 10.0. The molecule has 1 saturated heterocycles. The first kappa shape index (κ1) is 23.0. The number of aromatic nitrogens is 4. The fraction of sp³-hybridized carbons (Fsp3) is 0.444. The molecular formula is C27H31FN6O2. The molecule has 2 atom stereocenters. The first-order valence-corrected chi connectivity index (χ1v) is 12.7. The molecule has 9 heteroatoms. The van der Waals surface area contributed by atoms with Gasteiger partial charge in [0.2, 0.25) is 0 Å². The third-order valence-corrected chi connectivity index (χ3v) is 7.33. The van der Waals surface area contributed by atoms with E-state index in [-0.39, 0.29) is 24.9 Å². The Morgan fingerprint density at radius 2 is 2.06 bits per heavy atom. The van der Waals surface area contributed by atoms with Gasteiger partial charge in [0.25, 0.3) is 5.91 Å². The highest BCUT2D eigenvalue weighted by molar-refractivity contribution is 6.00. The number of carbonyl (C=O) groups is 1. The number of pyridine rings is 1. The smallest absolute Gasteiger partial charge is 0.254 e. The van der Waals surface area contributed by atoms with Gasteiger partial charge in [0.1, 0.15) is 23.1 Å². The van der Waals surface area contributed by atoms with Gasteiger partial charge in [-0.25, -0.2) is 14.4 Å². The number of methoxy groups -OCH3 is 1. The number of alkyl halides is 1. The number of ether oxygens (including phenoxy) is 1. The van der Waals surface area contributed by atoms with Crippen LogP contribution in [0.1, 0.15) is 36.5 Å². The van der Waals surface area contributed by atoms with E-state index in [1.807, 2.05) is 12.3 Å². The monoisotopic (exact) mass is 490 g/mol. The lowest BCUT2D eigenvalue weighted by Crippen LogP contribution is -2.50. The standard InChI is InChI=1S/C27H31FN6O2/c1-3-33-24-21(9-18(11-23(24)36-2)27(35)32-14-19(28)12-20(29)15-32)31-26(33)22-10-17-5-4-8-30-25(17)34(22)13-16-6-7-16/h4-5,8-11,16,19-20H,3,6-7,12-15,29H2,1-2H3/t19-,20-/m0/s1. The molecule has 0 unspecified atom stereocenters. The van der Waals surface area contributed by atoms with Crippen LogP contribution in [-0.4, -0.2) is 62.3 Å². The number of likely N-dealkylation sites (tertiary alicyclic amines) is 1. The molecule has 2 N–H and O–H groups in total. The van der Waals surface area contributed by atoms with E-state index in [9.17, 15) is 9.18 Å². The van der Waals surface area contributed by atoms with Gasteiger partial charge in [-0.2, -0.15) is 0 Å². The second-order valence-corrected chi connectivity index (χ2v) is 10.0. The van der Waals surface area contributed by atoms with Crippen molar-refractivity contribution in [3.05, 3.63) is 42.1 Å². The van der Waals surface area contributed by atoms with Crippen molar-refractivity contribution >= 4 is 28.0 Å². The summed E-state index contributed by atoms with van der Waals surface area (Å²) in [4.78, 5) is 24.5. The van der Waals surface area contributed by atoms with Crippen molar-refractivity contribution in [2.45, 2.75) is 51.5 Å². The number of benzene rings is 1. The molecule has 1 aliphatic heterocycles. The number of nitrogens with two attached hydrogens (primary N) is 1. The zero-order chi connectivity index (χ0) is 25.0. The topological polar surface area (TPSA) is 91.2 Å². The number of fused-ring (bicyclic) bond motifs is 2. The number of rotatable bonds is 6. The minimum Gasteiger partial charge on any atom is -0.494 e. The molecular weight excluding hydrogens is 459 g/mol. The SMILES string of the molecule is CCn1c(-c2cc3cccnc3n2CC2CC2)nc2cc(C(=O)N3C[C@@H](N)C[C@H](F)C3)cc(OC)c21. The highest BCUT2D eigenvalue weighted by Crippen LogP contribution is 2.38. The summed E-state index contributed by atoms with van der Waals surface area (Å²) in [5, 5.41) is 1.08. The lowest BCUT2D eigenvalue weighted by molar-refractivity contribution is 0.0606. The second kappa shape index (κ2) is 8.89. The third-order valence-electron chi connectivity index (χ3n) is 7.33. The maximum Gasteiger partial charge on any atom is 0.254 e. The molecule has 4 aromatic rings. The Balaban J connectivity index is 1.49. The van der Waals surface area contributed by atoms with Gasteiger partial charge >= 0.3 is 0 Å². The number of hydrogen-bond acceptors (Lipinski definition) is 5. The number of amides is 1. The fourth-order valence-corrected chi connectivity index (χ4v) is 5.45. The maximum atomic E-state index is 14.1. The van der Waals surface area contributed by atoms with E-state index in [1.165, 1.54) is 17.7 Å².